The van der Waals surface area contributed by atoms with Crippen LogP contribution >= 0.6 is 22.7 Å². The number of thiazole rings is 2. The van der Waals surface area contributed by atoms with Gasteiger partial charge in [0.1, 0.15) is 0 Å². The van der Waals surface area contributed by atoms with Crippen molar-refractivity contribution in [3.8, 4) is 11.3 Å². The fraction of sp³-hybridized carbons (Fsp3) is 0.0588. The first-order valence-corrected chi connectivity index (χ1v) is 8.61. The molecule has 0 bridgehead atoms. The summed E-state index contributed by atoms with van der Waals surface area (Å²) in [7, 11) is 2.05. The first kappa shape index (κ1) is 13.4. The van der Waals surface area contributed by atoms with Crippen LogP contribution in [0.5, 0.6) is 0 Å². The largest absolute Gasteiger partial charge is 0.319 e. The summed E-state index contributed by atoms with van der Waals surface area (Å²) < 4.78 is 3.29. The minimum atomic E-state index is 0.804. The molecule has 0 aliphatic carbocycles. The first-order valence-electron chi connectivity index (χ1n) is 6.91. The Hall–Kier alpha value is -2.24. The van der Waals surface area contributed by atoms with Crippen LogP contribution in [-0.4, -0.2) is 9.55 Å². The fourth-order valence-electron chi connectivity index (χ4n) is 2.33. The third-order valence-corrected chi connectivity index (χ3v) is 5.32. The summed E-state index contributed by atoms with van der Waals surface area (Å²) in [6.45, 7) is 0. The van der Waals surface area contributed by atoms with E-state index in [-0.39, 0.29) is 0 Å². The first-order chi connectivity index (χ1) is 10.8. The van der Waals surface area contributed by atoms with Gasteiger partial charge < -0.3 is 4.57 Å². The van der Waals surface area contributed by atoms with E-state index in [1.807, 2.05) is 31.3 Å². The Kier molecular flexibility index (Phi) is 3.36. The molecule has 0 radical (unpaired) electrons. The molecule has 0 atom stereocenters. The number of aromatic nitrogens is 2. The number of hydrogen-bond donors (Lipinski definition) is 0. The van der Waals surface area contributed by atoms with Gasteiger partial charge in [0.25, 0.3) is 0 Å². The van der Waals surface area contributed by atoms with Gasteiger partial charge in [0.2, 0.25) is 5.13 Å². The molecule has 2 heterocycles. The molecular formula is C17H13N3S2. The molecule has 0 aliphatic heterocycles. The summed E-state index contributed by atoms with van der Waals surface area (Å²) in [5.74, 6) is 0. The zero-order valence-electron chi connectivity index (χ0n) is 11.9. The van der Waals surface area contributed by atoms with E-state index in [9.17, 15) is 0 Å². The van der Waals surface area contributed by atoms with Crippen molar-refractivity contribution in [2.45, 2.75) is 0 Å². The number of para-hydroxylation sites is 1. The second kappa shape index (κ2) is 5.51. The van der Waals surface area contributed by atoms with Crippen molar-refractivity contribution < 1.29 is 0 Å². The molecule has 0 aliphatic rings. The van der Waals surface area contributed by atoms with Gasteiger partial charge in [-0.1, -0.05) is 53.8 Å². The highest BCUT2D eigenvalue weighted by Crippen LogP contribution is 2.27. The lowest BCUT2D eigenvalue weighted by atomic mass is 10.2. The average molecular weight is 323 g/mol. The van der Waals surface area contributed by atoms with Gasteiger partial charge in [-0.2, -0.15) is 4.99 Å². The summed E-state index contributed by atoms with van der Waals surface area (Å²) in [5.41, 5.74) is 3.38. The maximum Gasteiger partial charge on any atom is 0.212 e. The van der Waals surface area contributed by atoms with Gasteiger partial charge in [-0.25, -0.2) is 4.98 Å². The molecule has 0 N–H and O–H groups in total. The summed E-state index contributed by atoms with van der Waals surface area (Å²) in [6, 6.07) is 18.5. The van der Waals surface area contributed by atoms with Crippen molar-refractivity contribution in [3.63, 3.8) is 0 Å². The lowest BCUT2D eigenvalue weighted by Gasteiger charge is -2.01. The highest BCUT2D eigenvalue weighted by Gasteiger charge is 2.06. The van der Waals surface area contributed by atoms with Crippen LogP contribution < -0.4 is 4.80 Å². The third-order valence-electron chi connectivity index (χ3n) is 3.47. The molecule has 22 heavy (non-hydrogen) atoms. The maximum absolute atomic E-state index is 4.71. The van der Waals surface area contributed by atoms with E-state index >= 15 is 0 Å². The van der Waals surface area contributed by atoms with Crippen LogP contribution in [0, 0.1) is 0 Å². The molecule has 3 nitrogen and oxygen atoms in total. The molecular weight excluding hydrogens is 310 g/mol. The Morgan fingerprint density at radius 3 is 2.59 bits per heavy atom. The molecule has 4 aromatic rings. The molecule has 5 heteroatoms. The van der Waals surface area contributed by atoms with Crippen LogP contribution in [0.15, 0.2) is 65.0 Å². The zero-order chi connectivity index (χ0) is 14.9. The van der Waals surface area contributed by atoms with E-state index in [1.165, 1.54) is 16.0 Å². The normalized spacial score (nSPS) is 12.1. The fourth-order valence-corrected chi connectivity index (χ4v) is 4.13. The zero-order valence-corrected chi connectivity index (χ0v) is 13.6. The molecule has 2 aromatic carbocycles. The van der Waals surface area contributed by atoms with E-state index in [0.29, 0.717) is 0 Å². The van der Waals surface area contributed by atoms with Gasteiger partial charge in [0.05, 0.1) is 15.9 Å². The Morgan fingerprint density at radius 2 is 1.77 bits per heavy atom. The monoisotopic (exact) mass is 323 g/mol. The second-order valence-corrected chi connectivity index (χ2v) is 6.75. The highest BCUT2D eigenvalue weighted by atomic mass is 32.1. The van der Waals surface area contributed by atoms with Crippen LogP contribution in [0.2, 0.25) is 0 Å². The molecule has 4 rings (SSSR count). The van der Waals surface area contributed by atoms with Gasteiger partial charge in [-0.05, 0) is 17.7 Å². The predicted molar refractivity (Wildman–Crippen MR) is 93.6 cm³/mol. The van der Waals surface area contributed by atoms with Crippen LogP contribution in [-0.2, 0) is 7.05 Å². The van der Waals surface area contributed by atoms with Crippen molar-refractivity contribution in [3.05, 3.63) is 64.8 Å². The predicted octanol–water partition coefficient (Wildman–Crippen LogP) is 4.60. The number of fused-ring (bicyclic) bond motifs is 1. The topological polar surface area (TPSA) is 30.2 Å². The standard InChI is InChI=1S/C17H13N3S2/c1-20-14(12-7-3-2-4-8-12)11-21-17(20)19-16-18-13-9-5-6-10-15(13)22-16/h2-11H,1H3. The third kappa shape index (κ3) is 2.38. The maximum atomic E-state index is 4.71. The number of hydrogen-bond acceptors (Lipinski definition) is 4. The lowest BCUT2D eigenvalue weighted by Crippen LogP contribution is -2.10. The van der Waals surface area contributed by atoms with Gasteiger partial charge >= 0.3 is 0 Å². The van der Waals surface area contributed by atoms with Crippen molar-refractivity contribution in [1.29, 1.82) is 0 Å². The van der Waals surface area contributed by atoms with Gasteiger partial charge in [0, 0.05) is 12.4 Å². The highest BCUT2D eigenvalue weighted by molar-refractivity contribution is 7.22. The molecule has 0 fully saturated rings. The van der Waals surface area contributed by atoms with Crippen molar-refractivity contribution in [2.24, 2.45) is 12.0 Å². The van der Waals surface area contributed by atoms with E-state index < -0.39 is 0 Å². The molecule has 0 saturated carbocycles. The molecule has 0 saturated heterocycles. The van der Waals surface area contributed by atoms with E-state index in [4.69, 9.17) is 4.99 Å². The SMILES string of the molecule is Cn1c(-c2ccccc2)csc1=Nc1nc2ccccc2s1. The van der Waals surface area contributed by atoms with Crippen LogP contribution in [0.1, 0.15) is 0 Å². The van der Waals surface area contributed by atoms with E-state index in [0.717, 1.165) is 15.4 Å². The van der Waals surface area contributed by atoms with Crippen molar-refractivity contribution in [1.82, 2.24) is 9.55 Å². The molecule has 108 valence electrons. The smallest absolute Gasteiger partial charge is 0.212 e. The van der Waals surface area contributed by atoms with Crippen molar-refractivity contribution >= 4 is 38.0 Å². The lowest BCUT2D eigenvalue weighted by molar-refractivity contribution is 0.882. The molecule has 2 aromatic heterocycles. The Bertz CT molecular complexity index is 960. The van der Waals surface area contributed by atoms with Crippen LogP contribution in [0.25, 0.3) is 21.5 Å². The van der Waals surface area contributed by atoms with Gasteiger partial charge in [0.15, 0.2) is 4.80 Å². The summed E-state index contributed by atoms with van der Waals surface area (Å²) >= 11 is 3.26. The van der Waals surface area contributed by atoms with E-state index in [1.54, 1.807) is 22.7 Å². The summed E-state index contributed by atoms with van der Waals surface area (Å²) in [6.07, 6.45) is 0. The summed E-state index contributed by atoms with van der Waals surface area (Å²) in [4.78, 5) is 10.2. The minimum Gasteiger partial charge on any atom is -0.319 e. The van der Waals surface area contributed by atoms with Crippen LogP contribution in [0.4, 0.5) is 5.13 Å². The number of benzene rings is 2. The second-order valence-electron chi connectivity index (χ2n) is 4.90. The van der Waals surface area contributed by atoms with Gasteiger partial charge in [-0.3, -0.25) is 0 Å². The molecule has 0 unspecified atom stereocenters. The number of nitrogens with zero attached hydrogens (tertiary/aromatic N) is 3. The van der Waals surface area contributed by atoms with Crippen LogP contribution in [0.3, 0.4) is 0 Å². The Morgan fingerprint density at radius 1 is 1.00 bits per heavy atom. The Labute approximate surface area is 135 Å². The van der Waals surface area contributed by atoms with E-state index in [2.05, 4.69) is 45.3 Å². The molecule has 0 spiro atoms. The summed E-state index contributed by atoms with van der Waals surface area (Å²) in [5, 5.41) is 2.94. The quantitative estimate of drug-likeness (QED) is 0.530. The van der Waals surface area contributed by atoms with Gasteiger partial charge in [-0.15, -0.1) is 11.3 Å². The minimum absolute atomic E-state index is 0.804. The molecule has 0 amide bonds. The Balaban J connectivity index is 1.81. The average Bonchev–Trinajstić information content (AvgIpc) is 3.12. The van der Waals surface area contributed by atoms with Crippen molar-refractivity contribution in [2.75, 3.05) is 0 Å². The number of rotatable bonds is 2.